The highest BCUT2D eigenvalue weighted by atomic mass is 127. The highest BCUT2D eigenvalue weighted by molar-refractivity contribution is 14.1. The van der Waals surface area contributed by atoms with Crippen LogP contribution >= 0.6 is 22.6 Å². The smallest absolute Gasteiger partial charge is 0.335 e. The van der Waals surface area contributed by atoms with Gasteiger partial charge in [-0.3, -0.25) is 0 Å². The van der Waals surface area contributed by atoms with E-state index in [-0.39, 0.29) is 11.9 Å². The molecular weight excluding hydrogens is 243 g/mol. The fourth-order valence-corrected chi connectivity index (χ4v) is 1.53. The topological polar surface area (TPSA) is 26.3 Å². The molecule has 0 aromatic carbocycles. The van der Waals surface area contributed by atoms with Gasteiger partial charge in [0.05, 0.1) is 5.57 Å². The summed E-state index contributed by atoms with van der Waals surface area (Å²) >= 11 is 2.03. The third-order valence-corrected chi connectivity index (χ3v) is 2.10. The van der Waals surface area contributed by atoms with E-state index in [1.165, 1.54) is 0 Å². The van der Waals surface area contributed by atoms with Gasteiger partial charge in [0.1, 0.15) is 6.61 Å². The van der Waals surface area contributed by atoms with Crippen LogP contribution in [0.2, 0.25) is 0 Å². The molecule has 1 unspecified atom stereocenters. The van der Waals surface area contributed by atoms with E-state index in [9.17, 15) is 4.79 Å². The van der Waals surface area contributed by atoms with Gasteiger partial charge in [0.25, 0.3) is 0 Å². The molecule has 3 heteroatoms. The number of cyclic esters (lactones) is 1. The fraction of sp³-hybridized carbons (Fsp3) is 0.286. The van der Waals surface area contributed by atoms with Crippen LogP contribution in [0.4, 0.5) is 0 Å². The molecule has 0 spiro atoms. The van der Waals surface area contributed by atoms with Gasteiger partial charge in [0.2, 0.25) is 0 Å². The molecule has 0 aromatic heterocycles. The maximum Gasteiger partial charge on any atom is 0.335 e. The number of hydrogen-bond donors (Lipinski definition) is 0. The van der Waals surface area contributed by atoms with Crippen LogP contribution in [0.1, 0.15) is 0 Å². The van der Waals surface area contributed by atoms with Gasteiger partial charge < -0.3 is 4.74 Å². The number of rotatable bonds is 1. The van der Waals surface area contributed by atoms with Crippen LogP contribution < -0.4 is 0 Å². The van der Waals surface area contributed by atoms with E-state index in [4.69, 9.17) is 4.74 Å². The summed E-state index contributed by atoms with van der Waals surface area (Å²) in [6.45, 7) is 4.05. The summed E-state index contributed by atoms with van der Waals surface area (Å²) in [7, 11) is 0. The van der Waals surface area contributed by atoms with Gasteiger partial charge in [-0.05, 0) is 4.08 Å². The molecule has 1 saturated heterocycles. The molecule has 1 fully saturated rings. The summed E-state index contributed by atoms with van der Waals surface area (Å²) < 4.78 is 6.53. The van der Waals surface area contributed by atoms with Crippen LogP contribution in [0, 0.1) is 5.92 Å². The van der Waals surface area contributed by atoms with Crippen molar-refractivity contribution in [2.24, 2.45) is 5.92 Å². The molecule has 0 radical (unpaired) electrons. The van der Waals surface area contributed by atoms with Crippen molar-refractivity contribution in [3.05, 3.63) is 22.3 Å². The second-order valence-corrected chi connectivity index (χ2v) is 2.63. The Balaban J connectivity index is 2.82. The van der Waals surface area contributed by atoms with E-state index in [1.807, 2.05) is 22.6 Å². The standard InChI is InChI=1S/C7H7IO2/c1-2-5-4-10-7(9)6(5)3-8/h2-3,5H,1,4H2/b6-3-. The van der Waals surface area contributed by atoms with Crippen LogP contribution in [0.15, 0.2) is 22.3 Å². The summed E-state index contributed by atoms with van der Waals surface area (Å²) in [4.78, 5) is 10.8. The van der Waals surface area contributed by atoms with Crippen LogP contribution in [-0.2, 0) is 9.53 Å². The minimum absolute atomic E-state index is 0.101. The minimum Gasteiger partial charge on any atom is -0.461 e. The quantitative estimate of drug-likeness (QED) is 0.306. The summed E-state index contributed by atoms with van der Waals surface area (Å²) in [5, 5.41) is 0. The molecule has 0 saturated carbocycles. The molecule has 0 aliphatic carbocycles. The monoisotopic (exact) mass is 250 g/mol. The van der Waals surface area contributed by atoms with E-state index in [0.717, 1.165) is 5.57 Å². The Morgan fingerprint density at radius 1 is 1.80 bits per heavy atom. The molecule has 1 aliphatic heterocycles. The van der Waals surface area contributed by atoms with E-state index in [1.54, 1.807) is 10.2 Å². The van der Waals surface area contributed by atoms with Crippen molar-refractivity contribution >= 4 is 28.6 Å². The summed E-state index contributed by atoms with van der Waals surface area (Å²) in [6, 6.07) is 0. The van der Waals surface area contributed by atoms with Gasteiger partial charge in [-0.1, -0.05) is 28.7 Å². The first-order valence-corrected chi connectivity index (χ1v) is 4.14. The van der Waals surface area contributed by atoms with Crippen LogP contribution in [-0.4, -0.2) is 12.6 Å². The fourth-order valence-electron chi connectivity index (χ4n) is 0.810. The Labute approximate surface area is 73.1 Å². The van der Waals surface area contributed by atoms with Crippen molar-refractivity contribution < 1.29 is 9.53 Å². The van der Waals surface area contributed by atoms with Crippen LogP contribution in [0.3, 0.4) is 0 Å². The third kappa shape index (κ3) is 1.23. The van der Waals surface area contributed by atoms with E-state index < -0.39 is 0 Å². The van der Waals surface area contributed by atoms with Crippen molar-refractivity contribution in [2.75, 3.05) is 6.61 Å². The lowest BCUT2D eigenvalue weighted by molar-refractivity contribution is -0.135. The summed E-state index contributed by atoms with van der Waals surface area (Å²) in [5.74, 6) is -0.108. The lowest BCUT2D eigenvalue weighted by Crippen LogP contribution is -1.97. The number of esters is 1. The molecular formula is C7H7IO2. The lowest BCUT2D eigenvalue weighted by atomic mass is 10.1. The summed E-state index contributed by atoms with van der Waals surface area (Å²) in [5.41, 5.74) is 0.718. The average molecular weight is 250 g/mol. The zero-order chi connectivity index (χ0) is 7.56. The molecule has 1 aliphatic rings. The molecule has 2 nitrogen and oxygen atoms in total. The van der Waals surface area contributed by atoms with Crippen molar-refractivity contribution in [3.8, 4) is 0 Å². The third-order valence-electron chi connectivity index (χ3n) is 1.43. The Bertz CT molecular complexity index is 196. The highest BCUT2D eigenvalue weighted by Crippen LogP contribution is 2.22. The molecule has 1 heterocycles. The molecule has 0 amide bonds. The van der Waals surface area contributed by atoms with E-state index >= 15 is 0 Å². The molecule has 0 aromatic rings. The van der Waals surface area contributed by atoms with Gasteiger partial charge in [-0.25, -0.2) is 4.79 Å². The summed E-state index contributed by atoms with van der Waals surface area (Å²) in [6.07, 6.45) is 1.73. The lowest BCUT2D eigenvalue weighted by Gasteiger charge is -1.95. The highest BCUT2D eigenvalue weighted by Gasteiger charge is 2.27. The zero-order valence-corrected chi connectivity index (χ0v) is 7.50. The molecule has 1 rings (SSSR count). The number of halogens is 1. The second-order valence-electron chi connectivity index (χ2n) is 2.01. The maximum atomic E-state index is 10.8. The number of ether oxygens (including phenoxy) is 1. The van der Waals surface area contributed by atoms with Crippen molar-refractivity contribution in [2.45, 2.75) is 0 Å². The van der Waals surface area contributed by atoms with E-state index in [2.05, 4.69) is 6.58 Å². The Morgan fingerprint density at radius 3 is 2.90 bits per heavy atom. The average Bonchev–Trinajstić information content (AvgIpc) is 2.30. The predicted octanol–water partition coefficient (Wildman–Crippen LogP) is 1.66. The van der Waals surface area contributed by atoms with Crippen molar-refractivity contribution in [3.63, 3.8) is 0 Å². The first kappa shape index (κ1) is 7.78. The molecule has 10 heavy (non-hydrogen) atoms. The normalized spacial score (nSPS) is 28.7. The second kappa shape index (κ2) is 3.18. The van der Waals surface area contributed by atoms with Gasteiger partial charge in [0.15, 0.2) is 0 Å². The molecule has 54 valence electrons. The minimum atomic E-state index is -0.209. The van der Waals surface area contributed by atoms with E-state index in [0.29, 0.717) is 6.61 Å². The molecule has 0 bridgehead atoms. The van der Waals surface area contributed by atoms with Crippen molar-refractivity contribution in [1.82, 2.24) is 0 Å². The Morgan fingerprint density at radius 2 is 2.50 bits per heavy atom. The van der Waals surface area contributed by atoms with Gasteiger partial charge in [-0.2, -0.15) is 0 Å². The molecule has 0 N–H and O–H groups in total. The van der Waals surface area contributed by atoms with Crippen molar-refractivity contribution in [1.29, 1.82) is 0 Å². The number of carbonyl (C=O) groups excluding carboxylic acids is 1. The van der Waals surface area contributed by atoms with Gasteiger partial charge in [0, 0.05) is 5.92 Å². The van der Waals surface area contributed by atoms with Gasteiger partial charge >= 0.3 is 5.97 Å². The Kier molecular flexibility index (Phi) is 2.48. The first-order valence-electron chi connectivity index (χ1n) is 2.89. The zero-order valence-electron chi connectivity index (χ0n) is 5.34. The van der Waals surface area contributed by atoms with Gasteiger partial charge in [-0.15, -0.1) is 6.58 Å². The first-order chi connectivity index (χ1) is 4.79. The SMILES string of the molecule is C=CC1COC(=O)/C1=C\I. The number of hydrogen-bond acceptors (Lipinski definition) is 2. The predicted molar refractivity (Wildman–Crippen MR) is 46.7 cm³/mol. The maximum absolute atomic E-state index is 10.8. The number of carbonyl (C=O) groups is 1. The van der Waals surface area contributed by atoms with Crippen LogP contribution in [0.5, 0.6) is 0 Å². The molecule has 1 atom stereocenters. The largest absolute Gasteiger partial charge is 0.461 e. The Hall–Kier alpha value is -0.320. The van der Waals surface area contributed by atoms with Crippen LogP contribution in [0.25, 0.3) is 0 Å².